The Morgan fingerprint density at radius 2 is 1.48 bits per heavy atom. The molecule has 0 fully saturated rings. The van der Waals surface area contributed by atoms with Crippen LogP contribution in [0.25, 0.3) is 38.4 Å². The third-order valence-electron chi connectivity index (χ3n) is 6.05. The van der Waals surface area contributed by atoms with E-state index in [4.69, 9.17) is 0 Å². The summed E-state index contributed by atoms with van der Waals surface area (Å²) in [7, 11) is 0. The molecule has 1 N–H and O–H groups in total. The summed E-state index contributed by atoms with van der Waals surface area (Å²) in [5.74, 6) is 0. The monoisotopic (exact) mass is 371 g/mol. The molecule has 3 nitrogen and oxygen atoms in total. The maximum Gasteiger partial charge on any atom is 0.0799 e. The molecular formula is C26H17N3. The Balaban J connectivity index is 1.71. The Morgan fingerprint density at radius 1 is 0.621 bits per heavy atom. The first-order valence-electron chi connectivity index (χ1n) is 9.89. The van der Waals surface area contributed by atoms with Crippen LogP contribution in [0, 0.1) is 0 Å². The van der Waals surface area contributed by atoms with E-state index in [9.17, 15) is 0 Å². The molecule has 0 spiro atoms. The van der Waals surface area contributed by atoms with E-state index in [2.05, 4.69) is 112 Å². The number of nitrogens with zero attached hydrogens (tertiary/aromatic N) is 2. The van der Waals surface area contributed by atoms with E-state index in [0.717, 1.165) is 0 Å². The van der Waals surface area contributed by atoms with Gasteiger partial charge in [0.1, 0.15) is 0 Å². The van der Waals surface area contributed by atoms with Crippen LogP contribution in [-0.4, -0.2) is 9.55 Å². The minimum Gasteiger partial charge on any atom is -0.354 e. The molecule has 1 aliphatic heterocycles. The van der Waals surface area contributed by atoms with Crippen molar-refractivity contribution in [2.75, 3.05) is 4.90 Å². The van der Waals surface area contributed by atoms with Gasteiger partial charge in [-0.05, 0) is 42.5 Å². The van der Waals surface area contributed by atoms with E-state index >= 15 is 0 Å². The molecule has 0 atom stereocenters. The summed E-state index contributed by atoms with van der Waals surface area (Å²) < 4.78 is 2.36. The number of hydrogen-bond donors (Lipinski definition) is 1. The molecular weight excluding hydrogens is 354 g/mol. The van der Waals surface area contributed by atoms with Crippen molar-refractivity contribution >= 4 is 49.8 Å². The molecule has 136 valence electrons. The smallest absolute Gasteiger partial charge is 0.0799 e. The van der Waals surface area contributed by atoms with Crippen LogP contribution in [0.2, 0.25) is 0 Å². The van der Waals surface area contributed by atoms with Gasteiger partial charge in [0.05, 0.1) is 22.6 Å². The largest absolute Gasteiger partial charge is 0.354 e. The number of rotatable bonds is 1. The van der Waals surface area contributed by atoms with Gasteiger partial charge in [0.25, 0.3) is 0 Å². The van der Waals surface area contributed by atoms with Crippen LogP contribution < -0.4 is 4.90 Å². The van der Waals surface area contributed by atoms with Gasteiger partial charge in [-0.15, -0.1) is 0 Å². The molecule has 1 aliphatic rings. The molecule has 0 bridgehead atoms. The van der Waals surface area contributed by atoms with E-state index in [1.54, 1.807) is 0 Å². The van der Waals surface area contributed by atoms with Crippen molar-refractivity contribution in [2.24, 2.45) is 0 Å². The van der Waals surface area contributed by atoms with Crippen molar-refractivity contribution in [3.05, 3.63) is 97.2 Å². The van der Waals surface area contributed by atoms with Gasteiger partial charge in [-0.25, -0.2) is 0 Å². The Bertz CT molecular complexity index is 1550. The molecule has 29 heavy (non-hydrogen) atoms. The topological polar surface area (TPSA) is 24.0 Å². The summed E-state index contributed by atoms with van der Waals surface area (Å²) in [6.45, 7) is 0. The van der Waals surface area contributed by atoms with Crippen LogP contribution in [0.1, 0.15) is 0 Å². The molecule has 0 saturated heterocycles. The molecule has 3 heteroatoms. The van der Waals surface area contributed by atoms with Crippen LogP contribution in [-0.2, 0) is 0 Å². The van der Waals surface area contributed by atoms with Gasteiger partial charge < -0.3 is 14.5 Å². The molecule has 7 rings (SSSR count). The fourth-order valence-electron chi connectivity index (χ4n) is 4.86. The first kappa shape index (κ1) is 15.0. The molecule has 2 aromatic heterocycles. The lowest BCUT2D eigenvalue weighted by Crippen LogP contribution is -2.18. The second-order valence-corrected chi connectivity index (χ2v) is 7.60. The van der Waals surface area contributed by atoms with Gasteiger partial charge in [-0.2, -0.15) is 0 Å². The van der Waals surface area contributed by atoms with Crippen molar-refractivity contribution in [1.29, 1.82) is 0 Å². The SMILES string of the molecule is c1ccc(N2c3ccc4[nH]c5ccccc5c4c3-n3ccc4cccc2c43)cc1. The highest BCUT2D eigenvalue weighted by atomic mass is 15.2. The molecule has 0 amide bonds. The predicted molar refractivity (Wildman–Crippen MR) is 121 cm³/mol. The number of para-hydroxylation sites is 3. The van der Waals surface area contributed by atoms with Gasteiger partial charge >= 0.3 is 0 Å². The third-order valence-corrected chi connectivity index (χ3v) is 6.05. The average Bonchev–Trinajstić information content (AvgIpc) is 3.37. The summed E-state index contributed by atoms with van der Waals surface area (Å²) in [6, 6.07) is 32.4. The Morgan fingerprint density at radius 3 is 2.41 bits per heavy atom. The lowest BCUT2D eigenvalue weighted by Gasteiger charge is -2.33. The van der Waals surface area contributed by atoms with Gasteiger partial charge in [0.2, 0.25) is 0 Å². The summed E-state index contributed by atoms with van der Waals surface area (Å²) >= 11 is 0. The number of aromatic nitrogens is 2. The third kappa shape index (κ3) is 1.87. The predicted octanol–water partition coefficient (Wildman–Crippen LogP) is 7.05. The van der Waals surface area contributed by atoms with Crippen LogP contribution in [0.3, 0.4) is 0 Å². The summed E-state index contributed by atoms with van der Waals surface area (Å²) in [6.07, 6.45) is 2.20. The number of nitrogens with one attached hydrogen (secondary N) is 1. The van der Waals surface area contributed by atoms with Gasteiger partial charge in [-0.3, -0.25) is 0 Å². The lowest BCUT2D eigenvalue weighted by atomic mass is 10.0. The van der Waals surface area contributed by atoms with E-state index < -0.39 is 0 Å². The Labute approximate surface area is 167 Å². The minimum absolute atomic E-state index is 1.17. The van der Waals surface area contributed by atoms with Gasteiger partial charge in [-0.1, -0.05) is 48.5 Å². The fraction of sp³-hybridized carbons (Fsp3) is 0. The first-order valence-corrected chi connectivity index (χ1v) is 9.89. The van der Waals surface area contributed by atoms with Crippen molar-refractivity contribution in [2.45, 2.75) is 0 Å². The molecule has 4 aromatic carbocycles. The van der Waals surface area contributed by atoms with Crippen LogP contribution in [0.5, 0.6) is 0 Å². The normalized spacial score (nSPS) is 12.8. The molecule has 0 saturated carbocycles. The van der Waals surface area contributed by atoms with E-state index in [-0.39, 0.29) is 0 Å². The molecule has 0 unspecified atom stereocenters. The number of fused-ring (bicyclic) bond motifs is 6. The lowest BCUT2D eigenvalue weighted by molar-refractivity contribution is 1.09. The first-order chi connectivity index (χ1) is 14.4. The maximum absolute atomic E-state index is 3.60. The van der Waals surface area contributed by atoms with Crippen molar-refractivity contribution in [3.8, 4) is 5.69 Å². The van der Waals surface area contributed by atoms with Crippen LogP contribution in [0.15, 0.2) is 97.2 Å². The van der Waals surface area contributed by atoms with Crippen LogP contribution in [0.4, 0.5) is 17.1 Å². The number of H-pyrrole nitrogens is 1. The quantitative estimate of drug-likeness (QED) is 0.328. The number of benzene rings is 4. The summed E-state index contributed by atoms with van der Waals surface area (Å²) in [4.78, 5) is 5.99. The Kier molecular flexibility index (Phi) is 2.74. The molecule has 3 heterocycles. The number of aromatic amines is 1. The highest BCUT2D eigenvalue weighted by Crippen LogP contribution is 2.49. The molecule has 6 aromatic rings. The molecule has 0 aliphatic carbocycles. The number of anilines is 3. The highest BCUT2D eigenvalue weighted by molar-refractivity contribution is 6.17. The zero-order chi connectivity index (χ0) is 18.9. The standard InChI is InChI=1S/C26H17N3/c1-2-8-18(9-3-1)29-22-12-6-7-17-15-16-28(25(17)22)26-23(29)14-13-21-24(26)19-10-4-5-11-20(19)27-21/h1-16,27H. The highest BCUT2D eigenvalue weighted by Gasteiger charge is 2.28. The second kappa shape index (κ2) is 5.30. The van der Waals surface area contributed by atoms with Crippen LogP contribution >= 0.6 is 0 Å². The van der Waals surface area contributed by atoms with E-state index in [1.165, 1.54) is 55.5 Å². The van der Waals surface area contributed by atoms with Gasteiger partial charge in [0, 0.05) is 39.1 Å². The van der Waals surface area contributed by atoms with Crippen molar-refractivity contribution in [3.63, 3.8) is 0 Å². The second-order valence-electron chi connectivity index (χ2n) is 7.60. The van der Waals surface area contributed by atoms with Crippen molar-refractivity contribution < 1.29 is 0 Å². The zero-order valence-electron chi connectivity index (χ0n) is 15.6. The van der Waals surface area contributed by atoms with Crippen molar-refractivity contribution in [1.82, 2.24) is 9.55 Å². The summed E-state index contributed by atoms with van der Waals surface area (Å²) in [5.41, 5.74) is 8.41. The van der Waals surface area contributed by atoms with Gasteiger partial charge in [0.15, 0.2) is 0 Å². The zero-order valence-corrected chi connectivity index (χ0v) is 15.6. The molecule has 0 radical (unpaired) electrons. The number of hydrogen-bond acceptors (Lipinski definition) is 1. The van der Waals surface area contributed by atoms with E-state index in [1.807, 2.05) is 0 Å². The van der Waals surface area contributed by atoms with E-state index in [0.29, 0.717) is 0 Å². The average molecular weight is 371 g/mol. The maximum atomic E-state index is 3.60. The minimum atomic E-state index is 1.17. The fourth-order valence-corrected chi connectivity index (χ4v) is 4.86. The summed E-state index contributed by atoms with van der Waals surface area (Å²) in [5, 5.41) is 3.78. The Hall–Kier alpha value is -3.98.